The second-order valence-corrected chi connectivity index (χ2v) is 8.80. The van der Waals surface area contributed by atoms with Gasteiger partial charge in [0.05, 0.1) is 5.60 Å². The lowest BCUT2D eigenvalue weighted by molar-refractivity contribution is -0.0672. The number of aryl methyl sites for hydroxylation is 2. The fourth-order valence-corrected chi connectivity index (χ4v) is 4.65. The molecule has 2 saturated heterocycles. The molecule has 3 fully saturated rings. The van der Waals surface area contributed by atoms with E-state index in [1.54, 1.807) is 0 Å². The first kappa shape index (κ1) is 18.9. The molecule has 1 atom stereocenters. The Morgan fingerprint density at radius 2 is 1.96 bits per heavy atom. The maximum atomic E-state index is 12.9. The number of benzene rings is 1. The van der Waals surface area contributed by atoms with Crippen molar-refractivity contribution in [1.29, 1.82) is 0 Å². The van der Waals surface area contributed by atoms with Crippen LogP contribution in [0.5, 0.6) is 0 Å². The highest BCUT2D eigenvalue weighted by Crippen LogP contribution is 2.42. The smallest absolute Gasteiger partial charge is 0.253 e. The summed E-state index contributed by atoms with van der Waals surface area (Å²) in [4.78, 5) is 14.9. The quantitative estimate of drug-likeness (QED) is 0.706. The molecule has 4 heteroatoms. The molecule has 1 spiro atoms. The largest absolute Gasteiger partial charge is 0.381 e. The van der Waals surface area contributed by atoms with Gasteiger partial charge in [0.15, 0.2) is 0 Å². The van der Waals surface area contributed by atoms with Gasteiger partial charge < -0.3 is 14.4 Å². The van der Waals surface area contributed by atoms with Crippen molar-refractivity contribution in [1.82, 2.24) is 4.90 Å². The van der Waals surface area contributed by atoms with Crippen LogP contribution in [0.2, 0.25) is 0 Å². The summed E-state index contributed by atoms with van der Waals surface area (Å²) in [6.07, 6.45) is 6.84. The molecule has 27 heavy (non-hydrogen) atoms. The number of amides is 1. The molecule has 0 N–H and O–H groups in total. The van der Waals surface area contributed by atoms with E-state index in [0.717, 1.165) is 70.1 Å². The first-order valence-corrected chi connectivity index (χ1v) is 10.7. The summed E-state index contributed by atoms with van der Waals surface area (Å²) < 4.78 is 12.1. The van der Waals surface area contributed by atoms with Crippen molar-refractivity contribution >= 4 is 5.91 Å². The zero-order chi connectivity index (χ0) is 18.9. The summed E-state index contributed by atoms with van der Waals surface area (Å²) in [5.74, 6) is 1.57. The topological polar surface area (TPSA) is 38.8 Å². The van der Waals surface area contributed by atoms with Crippen molar-refractivity contribution in [2.75, 3.05) is 32.9 Å². The standard InChI is InChI=1S/C23H33NO3/c1-17-3-6-20(15-18(17)2)22(25)24-11-9-23(10-12-24)21(8-14-27-23)7-13-26-16-19-4-5-19/h3,6,15,19,21H,4-5,7-14,16H2,1-2H3/t21-/m0/s1. The van der Waals surface area contributed by atoms with E-state index in [-0.39, 0.29) is 11.5 Å². The Morgan fingerprint density at radius 1 is 1.19 bits per heavy atom. The van der Waals surface area contributed by atoms with E-state index in [2.05, 4.69) is 13.8 Å². The molecule has 1 aromatic rings. The van der Waals surface area contributed by atoms with Crippen LogP contribution in [0, 0.1) is 25.7 Å². The highest BCUT2D eigenvalue weighted by atomic mass is 16.5. The summed E-state index contributed by atoms with van der Waals surface area (Å²) in [6, 6.07) is 6.03. The number of carbonyl (C=O) groups excluding carboxylic acids is 1. The Kier molecular flexibility index (Phi) is 5.56. The third kappa shape index (κ3) is 4.22. The molecule has 4 rings (SSSR count). The van der Waals surface area contributed by atoms with Crippen molar-refractivity contribution < 1.29 is 14.3 Å². The third-order valence-electron chi connectivity index (χ3n) is 6.91. The fourth-order valence-electron chi connectivity index (χ4n) is 4.65. The van der Waals surface area contributed by atoms with Crippen molar-refractivity contribution in [3.05, 3.63) is 34.9 Å². The molecular formula is C23H33NO3. The van der Waals surface area contributed by atoms with E-state index in [1.165, 1.54) is 24.0 Å². The van der Waals surface area contributed by atoms with Crippen LogP contribution in [0.3, 0.4) is 0 Å². The Hall–Kier alpha value is -1.39. The van der Waals surface area contributed by atoms with Crippen molar-refractivity contribution in [3.63, 3.8) is 0 Å². The Balaban J connectivity index is 1.31. The number of ether oxygens (including phenoxy) is 2. The van der Waals surface area contributed by atoms with E-state index in [9.17, 15) is 4.79 Å². The molecule has 1 saturated carbocycles. The van der Waals surface area contributed by atoms with Gasteiger partial charge in [-0.15, -0.1) is 0 Å². The molecule has 0 radical (unpaired) electrons. The van der Waals surface area contributed by atoms with E-state index < -0.39 is 0 Å². The monoisotopic (exact) mass is 371 g/mol. The summed E-state index contributed by atoms with van der Waals surface area (Å²) >= 11 is 0. The SMILES string of the molecule is Cc1ccc(C(=O)N2CCC3(CC2)OCC[C@@H]3CCOCC2CC2)cc1C. The fraction of sp³-hybridized carbons (Fsp3) is 0.696. The molecule has 1 aliphatic carbocycles. The second-order valence-electron chi connectivity index (χ2n) is 8.80. The molecule has 2 aliphatic heterocycles. The zero-order valence-corrected chi connectivity index (χ0v) is 16.8. The number of carbonyl (C=O) groups is 1. The minimum atomic E-state index is -0.0249. The van der Waals surface area contributed by atoms with Crippen LogP contribution in [-0.4, -0.2) is 49.3 Å². The molecule has 0 unspecified atom stereocenters. The van der Waals surface area contributed by atoms with Gasteiger partial charge in [0.2, 0.25) is 0 Å². The number of piperidine rings is 1. The first-order valence-electron chi connectivity index (χ1n) is 10.7. The lowest BCUT2D eigenvalue weighted by atomic mass is 9.78. The normalized spacial score (nSPS) is 24.5. The molecule has 0 aromatic heterocycles. The summed E-state index contributed by atoms with van der Waals surface area (Å²) in [6.45, 7) is 8.41. The highest BCUT2D eigenvalue weighted by Gasteiger charge is 2.46. The maximum Gasteiger partial charge on any atom is 0.253 e. The Bertz CT molecular complexity index is 674. The van der Waals surface area contributed by atoms with Crippen LogP contribution in [0.25, 0.3) is 0 Å². The molecule has 0 bridgehead atoms. The van der Waals surface area contributed by atoms with Gasteiger partial charge in [-0.05, 0) is 87.5 Å². The van der Waals surface area contributed by atoms with Crippen LogP contribution in [-0.2, 0) is 9.47 Å². The van der Waals surface area contributed by atoms with E-state index in [1.807, 2.05) is 23.1 Å². The molecule has 148 valence electrons. The minimum Gasteiger partial charge on any atom is -0.381 e. The van der Waals surface area contributed by atoms with E-state index in [0.29, 0.717) is 5.92 Å². The molecule has 4 nitrogen and oxygen atoms in total. The third-order valence-corrected chi connectivity index (χ3v) is 6.91. The number of nitrogens with zero attached hydrogens (tertiary/aromatic N) is 1. The van der Waals surface area contributed by atoms with Crippen LogP contribution in [0.1, 0.15) is 60.0 Å². The molecular weight excluding hydrogens is 338 g/mol. The molecule has 3 aliphatic rings. The number of rotatable bonds is 6. The molecule has 2 heterocycles. The highest BCUT2D eigenvalue weighted by molar-refractivity contribution is 5.94. The van der Waals surface area contributed by atoms with E-state index >= 15 is 0 Å². The average Bonchev–Trinajstić information content (AvgIpc) is 3.43. The minimum absolute atomic E-state index is 0.0249. The lowest BCUT2D eigenvalue weighted by Crippen LogP contribution is -2.49. The number of likely N-dealkylation sites (tertiary alicyclic amines) is 1. The van der Waals surface area contributed by atoms with Gasteiger partial charge in [0.25, 0.3) is 5.91 Å². The van der Waals surface area contributed by atoms with Crippen molar-refractivity contribution in [2.24, 2.45) is 11.8 Å². The van der Waals surface area contributed by atoms with Gasteiger partial charge in [-0.3, -0.25) is 4.79 Å². The number of hydrogen-bond donors (Lipinski definition) is 0. The predicted molar refractivity (Wildman–Crippen MR) is 106 cm³/mol. The van der Waals surface area contributed by atoms with Gasteiger partial charge >= 0.3 is 0 Å². The van der Waals surface area contributed by atoms with Crippen molar-refractivity contribution in [3.8, 4) is 0 Å². The van der Waals surface area contributed by atoms with Crippen LogP contribution < -0.4 is 0 Å². The maximum absolute atomic E-state index is 12.9. The van der Waals surface area contributed by atoms with Gasteiger partial charge in [-0.25, -0.2) is 0 Å². The van der Waals surface area contributed by atoms with Gasteiger partial charge in [-0.2, -0.15) is 0 Å². The van der Waals surface area contributed by atoms with Crippen LogP contribution >= 0.6 is 0 Å². The number of hydrogen-bond acceptors (Lipinski definition) is 3. The Morgan fingerprint density at radius 3 is 2.67 bits per heavy atom. The zero-order valence-electron chi connectivity index (χ0n) is 16.8. The average molecular weight is 372 g/mol. The summed E-state index contributed by atoms with van der Waals surface area (Å²) in [5.41, 5.74) is 3.20. The van der Waals surface area contributed by atoms with Crippen molar-refractivity contribution in [2.45, 2.75) is 58.0 Å². The van der Waals surface area contributed by atoms with Gasteiger partial charge in [0, 0.05) is 38.5 Å². The van der Waals surface area contributed by atoms with Gasteiger partial charge in [-0.1, -0.05) is 6.07 Å². The van der Waals surface area contributed by atoms with Crippen LogP contribution in [0.15, 0.2) is 18.2 Å². The molecule has 1 amide bonds. The van der Waals surface area contributed by atoms with Gasteiger partial charge in [0.1, 0.15) is 0 Å². The van der Waals surface area contributed by atoms with E-state index in [4.69, 9.17) is 9.47 Å². The Labute approximate surface area is 163 Å². The second kappa shape index (κ2) is 7.92. The first-order chi connectivity index (χ1) is 13.1. The molecule has 1 aromatic carbocycles. The summed E-state index contributed by atoms with van der Waals surface area (Å²) in [7, 11) is 0. The predicted octanol–water partition coefficient (Wildman–Crippen LogP) is 4.13. The lowest BCUT2D eigenvalue weighted by Gasteiger charge is -2.42. The summed E-state index contributed by atoms with van der Waals surface area (Å²) in [5, 5.41) is 0. The van der Waals surface area contributed by atoms with Crippen LogP contribution in [0.4, 0.5) is 0 Å².